The average Bonchev–Trinajstić information content (AvgIpc) is 2.92. The number of anilines is 1. The van der Waals surface area contributed by atoms with Gasteiger partial charge in [-0.1, -0.05) is 30.3 Å². The van der Waals surface area contributed by atoms with Crippen LogP contribution in [0.2, 0.25) is 0 Å². The molecular formula is C18H13N3O. The van der Waals surface area contributed by atoms with Crippen molar-refractivity contribution in [2.75, 3.05) is 5.32 Å². The molecule has 0 amide bonds. The second kappa shape index (κ2) is 6.03. The molecule has 0 bridgehead atoms. The van der Waals surface area contributed by atoms with Crippen LogP contribution in [0.4, 0.5) is 5.69 Å². The van der Waals surface area contributed by atoms with E-state index in [2.05, 4.69) is 17.5 Å². The lowest BCUT2D eigenvalue weighted by atomic mass is 10.1. The first kappa shape index (κ1) is 13.7. The lowest BCUT2D eigenvalue weighted by Gasteiger charge is -2.06. The van der Waals surface area contributed by atoms with Gasteiger partial charge in [-0.25, -0.2) is 0 Å². The van der Waals surface area contributed by atoms with Crippen LogP contribution in [-0.4, -0.2) is 0 Å². The molecular weight excluding hydrogens is 274 g/mol. The van der Waals surface area contributed by atoms with Crippen LogP contribution in [-0.2, 0) is 13.0 Å². The van der Waals surface area contributed by atoms with Crippen molar-refractivity contribution in [3.63, 3.8) is 0 Å². The fourth-order valence-corrected chi connectivity index (χ4v) is 2.39. The molecule has 0 spiro atoms. The first-order chi connectivity index (χ1) is 10.8. The van der Waals surface area contributed by atoms with Gasteiger partial charge in [-0.3, -0.25) is 0 Å². The van der Waals surface area contributed by atoms with Crippen molar-refractivity contribution < 1.29 is 4.42 Å². The van der Waals surface area contributed by atoms with E-state index in [4.69, 9.17) is 9.68 Å². The van der Waals surface area contributed by atoms with Gasteiger partial charge in [0.1, 0.15) is 11.7 Å². The highest BCUT2D eigenvalue weighted by Gasteiger charge is 2.12. The second-order valence-electron chi connectivity index (χ2n) is 4.90. The van der Waals surface area contributed by atoms with Crippen LogP contribution >= 0.6 is 0 Å². The molecule has 0 aliphatic heterocycles. The molecule has 1 heterocycles. The largest absolute Gasteiger partial charge is 0.445 e. The third-order valence-corrected chi connectivity index (χ3v) is 3.51. The third-order valence-electron chi connectivity index (χ3n) is 3.51. The number of fused-ring (bicyclic) bond motifs is 1. The topological polar surface area (TPSA) is 72.8 Å². The minimum absolute atomic E-state index is 0.342. The molecule has 0 fully saturated rings. The molecule has 3 rings (SSSR count). The Kier molecular flexibility index (Phi) is 3.76. The van der Waals surface area contributed by atoms with Crippen molar-refractivity contribution in [1.82, 2.24) is 0 Å². The number of rotatable bonds is 4. The van der Waals surface area contributed by atoms with E-state index < -0.39 is 0 Å². The Balaban J connectivity index is 1.82. The van der Waals surface area contributed by atoms with E-state index in [-0.39, 0.29) is 0 Å². The number of para-hydroxylation sites is 1. The van der Waals surface area contributed by atoms with Gasteiger partial charge >= 0.3 is 0 Å². The van der Waals surface area contributed by atoms with Gasteiger partial charge in [-0.05, 0) is 23.8 Å². The molecule has 0 saturated carbocycles. The number of nitriles is 2. The fraction of sp³-hybridized carbons (Fsp3) is 0.111. The Morgan fingerprint density at radius 3 is 2.50 bits per heavy atom. The lowest BCUT2D eigenvalue weighted by Crippen LogP contribution is -2.00. The predicted molar refractivity (Wildman–Crippen MR) is 84.0 cm³/mol. The quantitative estimate of drug-likeness (QED) is 0.787. The van der Waals surface area contributed by atoms with Crippen molar-refractivity contribution in [2.24, 2.45) is 0 Å². The molecule has 1 aromatic heterocycles. The highest BCUT2D eigenvalue weighted by atomic mass is 16.3. The summed E-state index contributed by atoms with van der Waals surface area (Å²) in [4.78, 5) is 0. The highest BCUT2D eigenvalue weighted by Crippen LogP contribution is 2.26. The normalized spacial score (nSPS) is 10.1. The molecule has 0 saturated heterocycles. The molecule has 0 radical (unpaired) electrons. The van der Waals surface area contributed by atoms with Gasteiger partial charge < -0.3 is 9.73 Å². The van der Waals surface area contributed by atoms with Gasteiger partial charge in [0.2, 0.25) is 5.76 Å². The van der Waals surface area contributed by atoms with Gasteiger partial charge in [0, 0.05) is 23.2 Å². The van der Waals surface area contributed by atoms with Gasteiger partial charge in [0.15, 0.2) is 0 Å². The van der Waals surface area contributed by atoms with Crippen LogP contribution in [0.15, 0.2) is 52.9 Å². The van der Waals surface area contributed by atoms with E-state index in [0.717, 1.165) is 27.8 Å². The maximum atomic E-state index is 9.21. The summed E-state index contributed by atoms with van der Waals surface area (Å²) in [6, 6.07) is 19.6. The Morgan fingerprint density at radius 1 is 1.00 bits per heavy atom. The van der Waals surface area contributed by atoms with E-state index >= 15 is 0 Å². The van der Waals surface area contributed by atoms with Gasteiger partial charge in [-0.15, -0.1) is 0 Å². The molecule has 0 aliphatic rings. The molecule has 0 unspecified atom stereocenters. The summed E-state index contributed by atoms with van der Waals surface area (Å²) in [5.74, 6) is 0.342. The predicted octanol–water partition coefficient (Wildman–Crippen LogP) is 3.98. The van der Waals surface area contributed by atoms with Gasteiger partial charge in [0.05, 0.1) is 12.5 Å². The van der Waals surface area contributed by atoms with E-state index in [9.17, 15) is 5.26 Å². The Morgan fingerprint density at radius 2 is 1.77 bits per heavy atom. The van der Waals surface area contributed by atoms with Crippen molar-refractivity contribution in [3.05, 3.63) is 65.4 Å². The van der Waals surface area contributed by atoms with Gasteiger partial charge in [-0.2, -0.15) is 10.5 Å². The summed E-state index contributed by atoms with van der Waals surface area (Å²) in [5.41, 5.74) is 3.51. The highest BCUT2D eigenvalue weighted by molar-refractivity contribution is 5.83. The van der Waals surface area contributed by atoms with Crippen LogP contribution in [0.5, 0.6) is 0 Å². The molecule has 106 valence electrons. The number of nitrogens with zero attached hydrogens (tertiary/aromatic N) is 2. The van der Waals surface area contributed by atoms with Crippen molar-refractivity contribution in [3.8, 4) is 12.1 Å². The lowest BCUT2D eigenvalue weighted by molar-refractivity contribution is 0.594. The maximum Gasteiger partial charge on any atom is 0.209 e. The smallest absolute Gasteiger partial charge is 0.209 e. The van der Waals surface area contributed by atoms with Crippen LogP contribution in [0.1, 0.15) is 16.9 Å². The number of furan rings is 1. The van der Waals surface area contributed by atoms with E-state index in [1.165, 1.54) is 0 Å². The Labute approximate surface area is 128 Å². The SMILES string of the molecule is N#CCc1ccc(NCc2c(C#N)oc3ccccc23)cc1. The zero-order chi connectivity index (χ0) is 15.4. The van der Waals surface area contributed by atoms with Crippen molar-refractivity contribution in [2.45, 2.75) is 13.0 Å². The molecule has 2 aromatic carbocycles. The summed E-state index contributed by atoms with van der Waals surface area (Å²) in [7, 11) is 0. The summed E-state index contributed by atoms with van der Waals surface area (Å²) in [5, 5.41) is 22.1. The molecule has 4 nitrogen and oxygen atoms in total. The molecule has 3 aromatic rings. The minimum atomic E-state index is 0.342. The first-order valence-corrected chi connectivity index (χ1v) is 6.92. The zero-order valence-corrected chi connectivity index (χ0v) is 11.8. The number of hydrogen-bond donors (Lipinski definition) is 1. The Bertz CT molecular complexity index is 879. The van der Waals surface area contributed by atoms with E-state index in [0.29, 0.717) is 18.7 Å². The molecule has 1 N–H and O–H groups in total. The monoisotopic (exact) mass is 287 g/mol. The summed E-state index contributed by atoms with van der Waals surface area (Å²) in [6.45, 7) is 0.511. The Hall–Kier alpha value is -3.24. The van der Waals surface area contributed by atoms with E-state index in [1.807, 2.05) is 48.5 Å². The van der Waals surface area contributed by atoms with Crippen molar-refractivity contribution >= 4 is 16.7 Å². The number of nitrogens with one attached hydrogen (secondary N) is 1. The van der Waals surface area contributed by atoms with Crippen LogP contribution in [0, 0.1) is 22.7 Å². The summed E-state index contributed by atoms with van der Waals surface area (Å²) < 4.78 is 5.55. The molecule has 0 atom stereocenters. The second-order valence-corrected chi connectivity index (χ2v) is 4.90. The zero-order valence-electron chi connectivity index (χ0n) is 11.8. The third kappa shape index (κ3) is 2.63. The molecule has 4 heteroatoms. The van der Waals surface area contributed by atoms with Crippen LogP contribution in [0.25, 0.3) is 11.0 Å². The standard InChI is InChI=1S/C18H13N3O/c19-10-9-13-5-7-14(8-6-13)21-12-16-15-3-1-2-4-17(15)22-18(16)11-20/h1-8,21H,9,12H2. The summed E-state index contributed by atoms with van der Waals surface area (Å²) in [6.07, 6.45) is 0.408. The minimum Gasteiger partial charge on any atom is -0.445 e. The van der Waals surface area contributed by atoms with Crippen LogP contribution in [0.3, 0.4) is 0 Å². The maximum absolute atomic E-state index is 9.21. The van der Waals surface area contributed by atoms with E-state index in [1.54, 1.807) is 0 Å². The van der Waals surface area contributed by atoms with Crippen molar-refractivity contribution in [1.29, 1.82) is 10.5 Å². The molecule has 0 aliphatic carbocycles. The van der Waals surface area contributed by atoms with Gasteiger partial charge in [0.25, 0.3) is 0 Å². The van der Waals surface area contributed by atoms with Crippen LogP contribution < -0.4 is 5.32 Å². The number of hydrogen-bond acceptors (Lipinski definition) is 4. The summed E-state index contributed by atoms with van der Waals surface area (Å²) >= 11 is 0. The first-order valence-electron chi connectivity index (χ1n) is 6.92. The molecule has 22 heavy (non-hydrogen) atoms. The average molecular weight is 287 g/mol. The fourth-order valence-electron chi connectivity index (χ4n) is 2.39. The number of benzene rings is 2.